The molecule has 1 rings (SSSR count). The van der Waals surface area contributed by atoms with Crippen LogP contribution in [0.3, 0.4) is 0 Å². The molecule has 2 N–H and O–H groups in total. The molecule has 1 aliphatic carbocycles. The van der Waals surface area contributed by atoms with Crippen LogP contribution in [0.4, 0.5) is 4.79 Å². The van der Waals surface area contributed by atoms with E-state index in [1.54, 1.807) is 13.8 Å². The van der Waals surface area contributed by atoms with Gasteiger partial charge in [-0.3, -0.25) is 0 Å². The number of hydrogen-bond donors (Lipinski definition) is 2. The zero-order valence-electron chi connectivity index (χ0n) is 9.47. The third-order valence-electron chi connectivity index (χ3n) is 2.65. The number of carbonyl (C=O) groups excluding carboxylic acids is 1. The van der Waals surface area contributed by atoms with Crippen LogP contribution in [0.15, 0.2) is 0 Å². The maximum absolute atomic E-state index is 11.5. The van der Waals surface area contributed by atoms with Crippen molar-refractivity contribution in [1.29, 1.82) is 5.26 Å². The number of amides is 2. The second kappa shape index (κ2) is 5.01. The van der Waals surface area contributed by atoms with Gasteiger partial charge in [0.1, 0.15) is 5.54 Å². The molecule has 1 fully saturated rings. The molecule has 0 unspecified atom stereocenters. The smallest absolute Gasteiger partial charge is 0.316 e. The van der Waals surface area contributed by atoms with E-state index in [-0.39, 0.29) is 12.1 Å². The van der Waals surface area contributed by atoms with Crippen LogP contribution >= 0.6 is 0 Å². The highest BCUT2D eigenvalue weighted by Crippen LogP contribution is 2.17. The molecule has 0 saturated heterocycles. The molecule has 84 valence electrons. The van der Waals surface area contributed by atoms with Crippen LogP contribution in [0.2, 0.25) is 0 Å². The van der Waals surface area contributed by atoms with E-state index >= 15 is 0 Å². The van der Waals surface area contributed by atoms with Crippen LogP contribution in [0.1, 0.15) is 46.0 Å². The fourth-order valence-electron chi connectivity index (χ4n) is 1.78. The third kappa shape index (κ3) is 4.20. The Bertz CT molecular complexity index is 261. The number of nitrogens with one attached hydrogen (secondary N) is 2. The summed E-state index contributed by atoms with van der Waals surface area (Å²) in [6, 6.07) is 2.09. The lowest BCUT2D eigenvalue weighted by Gasteiger charge is -2.25. The van der Waals surface area contributed by atoms with Gasteiger partial charge in [0.2, 0.25) is 0 Å². The molecule has 0 aromatic carbocycles. The fraction of sp³-hybridized carbons (Fsp3) is 0.818. The summed E-state index contributed by atoms with van der Waals surface area (Å²) in [7, 11) is 0. The molecule has 0 spiro atoms. The number of nitriles is 1. The van der Waals surface area contributed by atoms with Crippen molar-refractivity contribution in [3.05, 3.63) is 0 Å². The van der Waals surface area contributed by atoms with Gasteiger partial charge in [-0.1, -0.05) is 19.3 Å². The molecule has 15 heavy (non-hydrogen) atoms. The second-order valence-corrected chi connectivity index (χ2v) is 4.67. The molecule has 0 heterocycles. The number of hydrogen-bond acceptors (Lipinski definition) is 2. The van der Waals surface area contributed by atoms with Crippen molar-refractivity contribution in [3.8, 4) is 6.07 Å². The number of nitrogens with zero attached hydrogens (tertiary/aromatic N) is 1. The number of rotatable bonds is 2. The molecule has 1 aliphatic rings. The highest BCUT2D eigenvalue weighted by atomic mass is 16.2. The average molecular weight is 209 g/mol. The van der Waals surface area contributed by atoms with Crippen LogP contribution in [0.25, 0.3) is 0 Å². The number of carbonyl (C=O) groups is 1. The molecular formula is C11H19N3O. The Morgan fingerprint density at radius 1 is 1.33 bits per heavy atom. The molecule has 0 atom stereocenters. The Kier molecular flexibility index (Phi) is 3.96. The summed E-state index contributed by atoms with van der Waals surface area (Å²) in [5, 5.41) is 14.3. The Labute approximate surface area is 91.0 Å². The van der Waals surface area contributed by atoms with Crippen molar-refractivity contribution in [2.75, 3.05) is 0 Å². The first-order valence-electron chi connectivity index (χ1n) is 5.53. The molecule has 0 radical (unpaired) electrons. The summed E-state index contributed by atoms with van der Waals surface area (Å²) < 4.78 is 0. The largest absolute Gasteiger partial charge is 0.335 e. The lowest BCUT2D eigenvalue weighted by Crippen LogP contribution is -2.50. The fourth-order valence-corrected chi connectivity index (χ4v) is 1.78. The first-order valence-corrected chi connectivity index (χ1v) is 5.53. The normalized spacial score (nSPS) is 17.9. The first-order chi connectivity index (χ1) is 7.03. The van der Waals surface area contributed by atoms with E-state index in [0.29, 0.717) is 0 Å². The van der Waals surface area contributed by atoms with Gasteiger partial charge < -0.3 is 10.6 Å². The Hall–Kier alpha value is -1.24. The molecule has 0 aliphatic heterocycles. The van der Waals surface area contributed by atoms with Gasteiger partial charge in [0.05, 0.1) is 6.07 Å². The summed E-state index contributed by atoms with van der Waals surface area (Å²) in [5.74, 6) is 0. The van der Waals surface area contributed by atoms with Crippen LogP contribution in [-0.4, -0.2) is 17.6 Å². The maximum Gasteiger partial charge on any atom is 0.316 e. The summed E-state index contributed by atoms with van der Waals surface area (Å²) >= 11 is 0. The monoisotopic (exact) mass is 209 g/mol. The van der Waals surface area contributed by atoms with Crippen molar-refractivity contribution in [3.63, 3.8) is 0 Å². The van der Waals surface area contributed by atoms with Crippen molar-refractivity contribution >= 4 is 6.03 Å². The van der Waals surface area contributed by atoms with Crippen LogP contribution in [-0.2, 0) is 0 Å². The molecule has 0 aromatic heterocycles. The van der Waals surface area contributed by atoms with Crippen molar-refractivity contribution in [2.45, 2.75) is 57.5 Å². The van der Waals surface area contributed by atoms with E-state index in [2.05, 4.69) is 10.6 Å². The maximum atomic E-state index is 11.5. The lowest BCUT2D eigenvalue weighted by atomic mass is 9.96. The SMILES string of the molecule is CC(C)(C#N)NC(=O)NC1CCCCC1. The van der Waals surface area contributed by atoms with Gasteiger partial charge in [-0.15, -0.1) is 0 Å². The first kappa shape index (κ1) is 11.8. The van der Waals surface area contributed by atoms with E-state index in [4.69, 9.17) is 5.26 Å². The van der Waals surface area contributed by atoms with Gasteiger partial charge in [0, 0.05) is 6.04 Å². The van der Waals surface area contributed by atoms with Crippen molar-refractivity contribution in [2.24, 2.45) is 0 Å². The van der Waals surface area contributed by atoms with Gasteiger partial charge in [-0.05, 0) is 26.7 Å². The Balaban J connectivity index is 2.32. The minimum Gasteiger partial charge on any atom is -0.335 e. The quantitative estimate of drug-likeness (QED) is 0.729. The topological polar surface area (TPSA) is 64.9 Å². The Morgan fingerprint density at radius 2 is 1.93 bits per heavy atom. The predicted molar refractivity (Wildman–Crippen MR) is 58.2 cm³/mol. The standard InChI is InChI=1S/C11H19N3O/c1-11(2,8-12)14-10(15)13-9-6-4-3-5-7-9/h9H,3-7H2,1-2H3,(H2,13,14,15). The highest BCUT2D eigenvalue weighted by Gasteiger charge is 2.21. The minimum atomic E-state index is -0.793. The van der Waals surface area contributed by atoms with Crippen LogP contribution in [0, 0.1) is 11.3 Å². The summed E-state index contributed by atoms with van der Waals surface area (Å²) in [5.41, 5.74) is -0.793. The third-order valence-corrected chi connectivity index (χ3v) is 2.65. The zero-order chi connectivity index (χ0) is 11.3. The molecule has 1 saturated carbocycles. The second-order valence-electron chi connectivity index (χ2n) is 4.67. The molecular weight excluding hydrogens is 190 g/mol. The van der Waals surface area contributed by atoms with Gasteiger partial charge >= 0.3 is 6.03 Å². The molecule has 4 nitrogen and oxygen atoms in total. The van der Waals surface area contributed by atoms with Crippen molar-refractivity contribution in [1.82, 2.24) is 10.6 Å². The van der Waals surface area contributed by atoms with Gasteiger partial charge in [-0.2, -0.15) is 5.26 Å². The lowest BCUT2D eigenvalue weighted by molar-refractivity contribution is 0.227. The average Bonchev–Trinajstić information content (AvgIpc) is 2.18. The van der Waals surface area contributed by atoms with Gasteiger partial charge in [-0.25, -0.2) is 4.79 Å². The van der Waals surface area contributed by atoms with Gasteiger partial charge in [0.15, 0.2) is 0 Å². The highest BCUT2D eigenvalue weighted by molar-refractivity contribution is 5.75. The van der Waals surface area contributed by atoms with E-state index in [0.717, 1.165) is 12.8 Å². The summed E-state index contributed by atoms with van der Waals surface area (Å²) in [6.45, 7) is 3.38. The summed E-state index contributed by atoms with van der Waals surface area (Å²) in [4.78, 5) is 11.5. The van der Waals surface area contributed by atoms with E-state index < -0.39 is 5.54 Å². The van der Waals surface area contributed by atoms with Gasteiger partial charge in [0.25, 0.3) is 0 Å². The Morgan fingerprint density at radius 3 is 2.47 bits per heavy atom. The van der Waals surface area contributed by atoms with E-state index in [1.165, 1.54) is 19.3 Å². The summed E-state index contributed by atoms with van der Waals surface area (Å²) in [6.07, 6.45) is 5.75. The molecule has 0 aromatic rings. The van der Waals surface area contributed by atoms with E-state index in [1.807, 2.05) is 6.07 Å². The molecule has 4 heteroatoms. The van der Waals surface area contributed by atoms with Crippen molar-refractivity contribution < 1.29 is 4.79 Å². The van der Waals surface area contributed by atoms with Crippen LogP contribution < -0.4 is 10.6 Å². The number of urea groups is 1. The van der Waals surface area contributed by atoms with E-state index in [9.17, 15) is 4.79 Å². The molecule has 0 bridgehead atoms. The van der Waals surface area contributed by atoms with Crippen LogP contribution in [0.5, 0.6) is 0 Å². The molecule has 2 amide bonds. The zero-order valence-corrected chi connectivity index (χ0v) is 9.47. The minimum absolute atomic E-state index is 0.228. The predicted octanol–water partition coefficient (Wildman–Crippen LogP) is 1.92.